The largest absolute Gasteiger partial charge is 0.387 e. The summed E-state index contributed by atoms with van der Waals surface area (Å²) in [6, 6.07) is 0. The van der Waals surface area contributed by atoms with Crippen LogP contribution in [0.1, 0.15) is 31.9 Å². The van der Waals surface area contributed by atoms with Gasteiger partial charge in [0.1, 0.15) is 12.4 Å². The minimum Gasteiger partial charge on any atom is -0.387 e. The summed E-state index contributed by atoms with van der Waals surface area (Å²) in [7, 11) is 5.79. The molecule has 0 bridgehead atoms. The maximum Gasteiger partial charge on any atom is 0.191 e. The Kier molecular flexibility index (Phi) is 9.53. The molecule has 0 aliphatic heterocycles. The van der Waals surface area contributed by atoms with E-state index in [0.29, 0.717) is 32.2 Å². The molecule has 150 valence electrons. The fraction of sp³-hybridized carbons (Fsp3) is 0.824. The number of aliphatic imine (C=N–C) groups is 1. The van der Waals surface area contributed by atoms with Crippen molar-refractivity contribution in [2.45, 2.75) is 39.3 Å². The molecule has 0 saturated heterocycles. The molecule has 0 amide bonds. The van der Waals surface area contributed by atoms with Crippen molar-refractivity contribution >= 4 is 5.96 Å². The second-order valence-electron chi connectivity index (χ2n) is 6.95. The van der Waals surface area contributed by atoms with Gasteiger partial charge in [-0.1, -0.05) is 0 Å². The molecule has 0 aliphatic rings. The van der Waals surface area contributed by atoms with Crippen molar-refractivity contribution in [2.24, 2.45) is 12.0 Å². The summed E-state index contributed by atoms with van der Waals surface area (Å²) in [5, 5.41) is 25.1. The van der Waals surface area contributed by atoms with Gasteiger partial charge in [0.2, 0.25) is 0 Å². The quantitative estimate of drug-likeness (QED) is 0.284. The van der Waals surface area contributed by atoms with E-state index in [4.69, 9.17) is 4.74 Å². The monoisotopic (exact) mass is 369 g/mol. The number of aromatic nitrogens is 3. The fourth-order valence-electron chi connectivity index (χ4n) is 2.45. The van der Waals surface area contributed by atoms with Crippen molar-refractivity contribution in [3.05, 3.63) is 11.6 Å². The van der Waals surface area contributed by atoms with E-state index >= 15 is 0 Å². The third-order valence-corrected chi connectivity index (χ3v) is 3.82. The molecular formula is C17H35N7O2. The number of guanidine groups is 1. The Labute approximate surface area is 156 Å². The molecule has 1 aromatic rings. The van der Waals surface area contributed by atoms with Gasteiger partial charge in [-0.2, -0.15) is 0 Å². The third-order valence-electron chi connectivity index (χ3n) is 3.82. The van der Waals surface area contributed by atoms with Crippen LogP contribution in [-0.4, -0.2) is 83.3 Å². The van der Waals surface area contributed by atoms with E-state index in [9.17, 15) is 5.11 Å². The molecule has 3 N–H and O–H groups in total. The number of nitrogens with zero attached hydrogens (tertiary/aromatic N) is 5. The van der Waals surface area contributed by atoms with Gasteiger partial charge in [-0.15, -0.1) is 10.2 Å². The Morgan fingerprint density at radius 2 is 2.08 bits per heavy atom. The minimum atomic E-state index is -0.862. The third kappa shape index (κ3) is 8.59. The highest BCUT2D eigenvalue weighted by Gasteiger charge is 2.21. The Bertz CT molecular complexity index is 555. The zero-order valence-electron chi connectivity index (χ0n) is 17.0. The molecule has 0 saturated carbocycles. The van der Waals surface area contributed by atoms with Crippen LogP contribution in [0.15, 0.2) is 4.99 Å². The predicted molar refractivity (Wildman–Crippen MR) is 103 cm³/mol. The number of likely N-dealkylation sites (N-methyl/N-ethyl adjacent to an activating group) is 1. The van der Waals surface area contributed by atoms with Crippen LogP contribution >= 0.6 is 0 Å². The highest BCUT2D eigenvalue weighted by atomic mass is 16.5. The van der Waals surface area contributed by atoms with Crippen molar-refractivity contribution in [3.63, 3.8) is 0 Å². The van der Waals surface area contributed by atoms with E-state index in [1.54, 1.807) is 6.92 Å². The standard InChI is InChI=1S/C17H35N7O2/c1-7-26-10-8-9-18-16(20-12-17(3,25)13-23(4)5)19-11-15-22-21-14(2)24(15)6/h25H,7-13H2,1-6H3,(H2,18,19,20). The van der Waals surface area contributed by atoms with E-state index in [1.165, 1.54) is 0 Å². The van der Waals surface area contributed by atoms with Crippen molar-refractivity contribution in [2.75, 3.05) is 46.9 Å². The van der Waals surface area contributed by atoms with Gasteiger partial charge in [-0.3, -0.25) is 0 Å². The lowest BCUT2D eigenvalue weighted by molar-refractivity contribution is 0.0377. The second kappa shape index (κ2) is 11.1. The SMILES string of the molecule is CCOCCCNC(=NCc1nnc(C)n1C)NCC(C)(O)CN(C)C. The van der Waals surface area contributed by atoms with Gasteiger partial charge in [0, 0.05) is 39.9 Å². The molecule has 26 heavy (non-hydrogen) atoms. The van der Waals surface area contributed by atoms with Gasteiger partial charge in [0.15, 0.2) is 11.8 Å². The van der Waals surface area contributed by atoms with Gasteiger partial charge in [-0.05, 0) is 41.3 Å². The lowest BCUT2D eigenvalue weighted by atomic mass is 10.1. The Hall–Kier alpha value is -1.71. The molecule has 0 spiro atoms. The molecule has 1 rings (SSSR count). The smallest absolute Gasteiger partial charge is 0.191 e. The van der Waals surface area contributed by atoms with Crippen molar-refractivity contribution in [1.29, 1.82) is 0 Å². The number of hydrogen-bond acceptors (Lipinski definition) is 6. The molecule has 0 aliphatic carbocycles. The van der Waals surface area contributed by atoms with Crippen LogP contribution in [-0.2, 0) is 18.3 Å². The number of aryl methyl sites for hydroxylation is 1. The topological polar surface area (TPSA) is 99.8 Å². The molecule has 1 aromatic heterocycles. The molecule has 9 nitrogen and oxygen atoms in total. The van der Waals surface area contributed by atoms with Crippen LogP contribution in [0.4, 0.5) is 0 Å². The predicted octanol–water partition coefficient (Wildman–Crippen LogP) is -0.102. The Morgan fingerprint density at radius 1 is 1.35 bits per heavy atom. The first-order valence-corrected chi connectivity index (χ1v) is 9.07. The van der Waals surface area contributed by atoms with Crippen LogP contribution in [0.5, 0.6) is 0 Å². The summed E-state index contributed by atoms with van der Waals surface area (Å²) in [4.78, 5) is 6.53. The second-order valence-corrected chi connectivity index (χ2v) is 6.95. The van der Waals surface area contributed by atoms with Crippen LogP contribution in [0, 0.1) is 6.92 Å². The number of rotatable bonds is 11. The van der Waals surface area contributed by atoms with Gasteiger partial charge in [0.25, 0.3) is 0 Å². The average molecular weight is 370 g/mol. The van der Waals surface area contributed by atoms with Crippen LogP contribution in [0.25, 0.3) is 0 Å². The number of hydrogen-bond donors (Lipinski definition) is 3. The molecule has 0 fully saturated rings. The van der Waals surface area contributed by atoms with Crippen LogP contribution < -0.4 is 10.6 Å². The minimum absolute atomic E-state index is 0.389. The fourth-order valence-corrected chi connectivity index (χ4v) is 2.45. The number of ether oxygens (including phenoxy) is 1. The summed E-state index contributed by atoms with van der Waals surface area (Å²) in [5.74, 6) is 2.28. The normalized spacial score (nSPS) is 14.5. The van der Waals surface area contributed by atoms with Gasteiger partial charge < -0.3 is 29.9 Å². The van der Waals surface area contributed by atoms with E-state index in [0.717, 1.165) is 31.2 Å². The maximum absolute atomic E-state index is 10.5. The average Bonchev–Trinajstić information content (AvgIpc) is 2.87. The van der Waals surface area contributed by atoms with E-state index < -0.39 is 5.60 Å². The number of aliphatic hydroxyl groups is 1. The summed E-state index contributed by atoms with van der Waals surface area (Å²) in [6.07, 6.45) is 0.881. The van der Waals surface area contributed by atoms with Crippen molar-refractivity contribution in [1.82, 2.24) is 30.3 Å². The Morgan fingerprint density at radius 3 is 2.65 bits per heavy atom. The summed E-state index contributed by atoms with van der Waals surface area (Å²) >= 11 is 0. The molecule has 1 heterocycles. The molecule has 1 atom stereocenters. The maximum atomic E-state index is 10.5. The first kappa shape index (κ1) is 22.3. The van der Waals surface area contributed by atoms with Crippen molar-refractivity contribution < 1.29 is 9.84 Å². The van der Waals surface area contributed by atoms with Crippen LogP contribution in [0.2, 0.25) is 0 Å². The van der Waals surface area contributed by atoms with E-state index in [1.807, 2.05) is 44.5 Å². The van der Waals surface area contributed by atoms with Crippen molar-refractivity contribution in [3.8, 4) is 0 Å². The van der Waals surface area contributed by atoms with Gasteiger partial charge >= 0.3 is 0 Å². The first-order chi connectivity index (χ1) is 12.2. The lowest BCUT2D eigenvalue weighted by Gasteiger charge is -2.28. The first-order valence-electron chi connectivity index (χ1n) is 9.07. The molecule has 9 heteroatoms. The zero-order valence-corrected chi connectivity index (χ0v) is 17.0. The lowest BCUT2D eigenvalue weighted by Crippen LogP contribution is -2.50. The Balaban J connectivity index is 2.65. The molecule has 1 unspecified atom stereocenters. The summed E-state index contributed by atoms with van der Waals surface area (Å²) in [6.45, 7) is 9.21. The van der Waals surface area contributed by atoms with E-state index in [-0.39, 0.29) is 0 Å². The summed E-state index contributed by atoms with van der Waals surface area (Å²) in [5.41, 5.74) is -0.862. The molecule has 0 aromatic carbocycles. The zero-order chi connectivity index (χ0) is 19.6. The van der Waals surface area contributed by atoms with Gasteiger partial charge in [0.05, 0.1) is 5.60 Å². The van der Waals surface area contributed by atoms with Crippen LogP contribution in [0.3, 0.4) is 0 Å². The van der Waals surface area contributed by atoms with Gasteiger partial charge in [-0.25, -0.2) is 4.99 Å². The highest BCUT2D eigenvalue weighted by Crippen LogP contribution is 2.03. The van der Waals surface area contributed by atoms with E-state index in [2.05, 4.69) is 25.8 Å². The number of nitrogens with one attached hydrogen (secondary N) is 2. The summed E-state index contributed by atoms with van der Waals surface area (Å²) < 4.78 is 7.27. The molecular weight excluding hydrogens is 334 g/mol. The molecule has 0 radical (unpaired) electrons. The highest BCUT2D eigenvalue weighted by molar-refractivity contribution is 5.79.